The summed E-state index contributed by atoms with van der Waals surface area (Å²) in [6.07, 6.45) is 4.29. The number of fused-ring (bicyclic) bond motifs is 1. The maximum Gasteiger partial charge on any atom is 0.326 e. The van der Waals surface area contributed by atoms with E-state index in [1.165, 1.54) is 0 Å². The number of hydrogen-bond donors (Lipinski definition) is 2. The van der Waals surface area contributed by atoms with E-state index >= 15 is 0 Å². The summed E-state index contributed by atoms with van der Waals surface area (Å²) in [7, 11) is 0. The molecule has 6 nitrogen and oxygen atoms in total. The number of aromatic amines is 1. The number of likely N-dealkylation sites (tertiary alicyclic amines) is 1. The predicted octanol–water partition coefficient (Wildman–Crippen LogP) is 1.57. The van der Waals surface area contributed by atoms with Crippen LogP contribution in [0, 0.1) is 0 Å². The highest BCUT2D eigenvalue weighted by Gasteiger charge is 2.28. The number of carbonyl (C=O) groups is 1. The second kappa shape index (κ2) is 7.44. The van der Waals surface area contributed by atoms with Gasteiger partial charge in [-0.25, -0.2) is 4.79 Å². The lowest BCUT2D eigenvalue weighted by Crippen LogP contribution is -2.48. The fourth-order valence-corrected chi connectivity index (χ4v) is 3.87. The van der Waals surface area contributed by atoms with Crippen molar-refractivity contribution in [3.63, 3.8) is 0 Å². The van der Waals surface area contributed by atoms with Crippen LogP contribution >= 0.6 is 11.8 Å². The van der Waals surface area contributed by atoms with Crippen molar-refractivity contribution in [2.45, 2.75) is 31.3 Å². The Morgan fingerprint density at radius 1 is 1.38 bits per heavy atom. The summed E-state index contributed by atoms with van der Waals surface area (Å²) in [6.45, 7) is 1.31. The van der Waals surface area contributed by atoms with Crippen LogP contribution in [0.1, 0.15) is 25.3 Å². The van der Waals surface area contributed by atoms with E-state index in [0.29, 0.717) is 19.5 Å². The highest BCUT2D eigenvalue weighted by Crippen LogP contribution is 2.25. The quantitative estimate of drug-likeness (QED) is 0.859. The average Bonchev–Trinajstić information content (AvgIpc) is 2.95. The third kappa shape index (κ3) is 3.37. The molecule has 7 heteroatoms. The Bertz CT molecular complexity index is 761. The van der Waals surface area contributed by atoms with Crippen LogP contribution in [0.4, 0.5) is 0 Å². The molecule has 24 heavy (non-hydrogen) atoms. The number of nitrogens with two attached hydrogens (primary N) is 1. The molecule has 1 atom stereocenters. The lowest BCUT2D eigenvalue weighted by Gasteiger charge is -2.34. The van der Waals surface area contributed by atoms with Crippen molar-refractivity contribution in [2.24, 2.45) is 5.73 Å². The molecule has 3 rings (SSSR count). The maximum absolute atomic E-state index is 12.4. The fourth-order valence-electron chi connectivity index (χ4n) is 3.38. The van der Waals surface area contributed by atoms with Gasteiger partial charge in [0.25, 0.3) is 0 Å². The summed E-state index contributed by atoms with van der Waals surface area (Å²) in [5, 5.41) is 0. The van der Waals surface area contributed by atoms with Crippen LogP contribution in [0.3, 0.4) is 0 Å². The molecule has 3 N–H and O–H groups in total. The SMILES string of the molecule is CSCCC(N)C(=O)N1CCC(n2c(=O)[nH]c3ccccc32)CC1. The number of hydrogen-bond acceptors (Lipinski definition) is 4. The van der Waals surface area contributed by atoms with E-state index < -0.39 is 6.04 Å². The molecule has 1 saturated heterocycles. The molecule has 2 aromatic rings. The van der Waals surface area contributed by atoms with Gasteiger partial charge < -0.3 is 15.6 Å². The molecule has 0 aliphatic carbocycles. The standard InChI is InChI=1S/C17H24N4O2S/c1-24-11-8-13(18)16(22)20-9-6-12(7-10-20)21-15-5-3-2-4-14(15)19-17(21)23/h2-5,12-13H,6-11,18H2,1H3,(H,19,23). The number of H-pyrrole nitrogens is 1. The minimum atomic E-state index is -0.412. The second-order valence-corrected chi connectivity index (χ2v) is 7.25. The number of nitrogens with one attached hydrogen (secondary N) is 1. The van der Waals surface area contributed by atoms with Crippen LogP contribution in [0.25, 0.3) is 11.0 Å². The molecule has 0 radical (unpaired) electrons. The Labute approximate surface area is 145 Å². The number of thioether (sulfide) groups is 1. The monoisotopic (exact) mass is 348 g/mol. The van der Waals surface area contributed by atoms with Gasteiger partial charge in [-0.15, -0.1) is 0 Å². The van der Waals surface area contributed by atoms with Gasteiger partial charge in [-0.05, 0) is 43.4 Å². The van der Waals surface area contributed by atoms with Crippen molar-refractivity contribution < 1.29 is 4.79 Å². The number of para-hydroxylation sites is 2. The van der Waals surface area contributed by atoms with E-state index in [2.05, 4.69) is 4.98 Å². The van der Waals surface area contributed by atoms with Crippen LogP contribution in [-0.4, -0.2) is 51.5 Å². The lowest BCUT2D eigenvalue weighted by atomic mass is 10.0. The van der Waals surface area contributed by atoms with Crippen molar-refractivity contribution >= 4 is 28.7 Å². The van der Waals surface area contributed by atoms with E-state index in [4.69, 9.17) is 5.73 Å². The van der Waals surface area contributed by atoms with Crippen LogP contribution in [-0.2, 0) is 4.79 Å². The smallest absolute Gasteiger partial charge is 0.326 e. The van der Waals surface area contributed by atoms with Gasteiger partial charge >= 0.3 is 5.69 Å². The van der Waals surface area contributed by atoms with E-state index in [-0.39, 0.29) is 17.6 Å². The van der Waals surface area contributed by atoms with Crippen molar-refractivity contribution in [3.05, 3.63) is 34.7 Å². The second-order valence-electron chi connectivity index (χ2n) is 6.26. The van der Waals surface area contributed by atoms with Gasteiger partial charge in [0.2, 0.25) is 5.91 Å². The minimum absolute atomic E-state index is 0.0359. The molecule has 1 amide bonds. The normalized spacial score (nSPS) is 17.3. The van der Waals surface area contributed by atoms with E-state index in [9.17, 15) is 9.59 Å². The molecule has 1 unspecified atom stereocenters. The number of piperidine rings is 1. The Morgan fingerprint density at radius 2 is 2.08 bits per heavy atom. The first kappa shape index (κ1) is 17.1. The highest BCUT2D eigenvalue weighted by molar-refractivity contribution is 7.98. The van der Waals surface area contributed by atoms with Gasteiger partial charge in [0, 0.05) is 19.1 Å². The largest absolute Gasteiger partial charge is 0.341 e. The van der Waals surface area contributed by atoms with Gasteiger partial charge in [0.1, 0.15) is 0 Å². The third-order valence-electron chi connectivity index (χ3n) is 4.72. The van der Waals surface area contributed by atoms with Gasteiger partial charge in [-0.3, -0.25) is 9.36 Å². The van der Waals surface area contributed by atoms with E-state index in [0.717, 1.165) is 29.6 Å². The van der Waals surface area contributed by atoms with Gasteiger partial charge in [0.05, 0.1) is 17.1 Å². The number of rotatable bonds is 5. The molecule has 1 aliphatic rings. The molecule has 1 fully saturated rings. The maximum atomic E-state index is 12.4. The predicted molar refractivity (Wildman–Crippen MR) is 98.4 cm³/mol. The number of amides is 1. The summed E-state index contributed by atoms with van der Waals surface area (Å²) in [4.78, 5) is 29.4. The van der Waals surface area contributed by atoms with Crippen LogP contribution in [0.2, 0.25) is 0 Å². The zero-order chi connectivity index (χ0) is 17.1. The number of carbonyl (C=O) groups excluding carboxylic acids is 1. The fraction of sp³-hybridized carbons (Fsp3) is 0.529. The lowest BCUT2D eigenvalue weighted by molar-refractivity contribution is -0.133. The van der Waals surface area contributed by atoms with Gasteiger partial charge in [-0.2, -0.15) is 11.8 Å². The van der Waals surface area contributed by atoms with Gasteiger partial charge in [0.15, 0.2) is 0 Å². The molecule has 130 valence electrons. The number of aromatic nitrogens is 2. The molecule has 1 aromatic heterocycles. The summed E-state index contributed by atoms with van der Waals surface area (Å²) >= 11 is 1.70. The average molecular weight is 348 g/mol. The summed E-state index contributed by atoms with van der Waals surface area (Å²) in [5.41, 5.74) is 7.72. The topological polar surface area (TPSA) is 84.1 Å². The Kier molecular flexibility index (Phi) is 5.30. The first-order valence-electron chi connectivity index (χ1n) is 8.34. The molecule has 0 spiro atoms. The molecular formula is C17H24N4O2S. The first-order valence-corrected chi connectivity index (χ1v) is 9.73. The first-order chi connectivity index (χ1) is 11.6. The number of benzene rings is 1. The van der Waals surface area contributed by atoms with Gasteiger partial charge in [-0.1, -0.05) is 12.1 Å². The van der Waals surface area contributed by atoms with Crippen LogP contribution in [0.15, 0.2) is 29.1 Å². The van der Waals surface area contributed by atoms with Crippen molar-refractivity contribution in [2.75, 3.05) is 25.1 Å². The molecule has 0 bridgehead atoms. The van der Waals surface area contributed by atoms with Crippen LogP contribution < -0.4 is 11.4 Å². The summed E-state index contributed by atoms with van der Waals surface area (Å²) < 4.78 is 1.84. The molecule has 1 aliphatic heterocycles. The van der Waals surface area contributed by atoms with Crippen molar-refractivity contribution in [3.8, 4) is 0 Å². The number of imidazole rings is 1. The van der Waals surface area contributed by atoms with E-state index in [1.807, 2.05) is 40.0 Å². The molecule has 2 heterocycles. The summed E-state index contributed by atoms with van der Waals surface area (Å²) in [5.74, 6) is 0.933. The molecule has 0 saturated carbocycles. The Balaban J connectivity index is 1.67. The molecular weight excluding hydrogens is 324 g/mol. The zero-order valence-corrected chi connectivity index (χ0v) is 14.7. The zero-order valence-electron chi connectivity index (χ0n) is 13.9. The Morgan fingerprint density at radius 3 is 2.79 bits per heavy atom. The Hall–Kier alpha value is -1.73. The van der Waals surface area contributed by atoms with E-state index in [1.54, 1.807) is 11.8 Å². The number of nitrogens with zero attached hydrogens (tertiary/aromatic N) is 2. The summed E-state index contributed by atoms with van der Waals surface area (Å²) in [6, 6.07) is 7.44. The third-order valence-corrected chi connectivity index (χ3v) is 5.36. The van der Waals surface area contributed by atoms with Crippen molar-refractivity contribution in [1.82, 2.24) is 14.5 Å². The minimum Gasteiger partial charge on any atom is -0.341 e. The molecule has 1 aromatic carbocycles. The highest BCUT2D eigenvalue weighted by atomic mass is 32.2. The van der Waals surface area contributed by atoms with Crippen molar-refractivity contribution in [1.29, 1.82) is 0 Å². The van der Waals surface area contributed by atoms with Crippen LogP contribution in [0.5, 0.6) is 0 Å².